The number of methoxy groups -OCH3 is 2. The minimum Gasteiger partial charge on any atom is -0.493 e. The van der Waals surface area contributed by atoms with E-state index in [-0.39, 0.29) is 12.5 Å². The fourth-order valence-electron chi connectivity index (χ4n) is 3.09. The molecule has 7 heteroatoms. The van der Waals surface area contributed by atoms with Crippen LogP contribution >= 0.6 is 0 Å². The normalized spacial score (nSPS) is 11.0. The van der Waals surface area contributed by atoms with Gasteiger partial charge in [-0.25, -0.2) is 4.99 Å². The van der Waals surface area contributed by atoms with Crippen LogP contribution in [0.5, 0.6) is 11.5 Å². The molecule has 1 N–H and O–H groups in total. The third-order valence-corrected chi connectivity index (χ3v) is 4.58. The summed E-state index contributed by atoms with van der Waals surface area (Å²) in [5, 5.41) is 3.26. The van der Waals surface area contributed by atoms with Crippen LogP contribution in [0.3, 0.4) is 0 Å². The number of benzene rings is 1. The van der Waals surface area contributed by atoms with Crippen molar-refractivity contribution in [2.45, 2.75) is 33.7 Å². The molecule has 0 aliphatic heterocycles. The van der Waals surface area contributed by atoms with Crippen LogP contribution < -0.4 is 14.8 Å². The van der Waals surface area contributed by atoms with Crippen molar-refractivity contribution < 1.29 is 14.3 Å². The van der Waals surface area contributed by atoms with E-state index in [1.54, 1.807) is 14.2 Å². The molecule has 0 aromatic heterocycles. The number of likely N-dealkylation sites (N-methyl/N-ethyl adjacent to an activating group) is 2. The highest BCUT2D eigenvalue weighted by Gasteiger charge is 2.16. The van der Waals surface area contributed by atoms with Gasteiger partial charge in [-0.05, 0) is 44.9 Å². The van der Waals surface area contributed by atoms with Crippen molar-refractivity contribution in [2.75, 3.05) is 47.4 Å². The van der Waals surface area contributed by atoms with E-state index in [0.29, 0.717) is 43.5 Å². The Bertz CT molecular complexity index is 700. The van der Waals surface area contributed by atoms with Crippen LogP contribution in [0.25, 0.3) is 0 Å². The third-order valence-electron chi connectivity index (χ3n) is 4.58. The summed E-state index contributed by atoms with van der Waals surface area (Å²) in [5.41, 5.74) is 2.00. The smallest absolute Gasteiger partial charge is 0.242 e. The van der Waals surface area contributed by atoms with Crippen molar-refractivity contribution in [1.82, 2.24) is 15.1 Å². The Kier molecular flexibility index (Phi) is 10.7. The maximum Gasteiger partial charge on any atom is 0.242 e. The predicted molar refractivity (Wildman–Crippen MR) is 119 cm³/mol. The van der Waals surface area contributed by atoms with E-state index in [1.165, 1.54) is 0 Å². The minimum absolute atomic E-state index is 0.0856. The molecule has 0 atom stereocenters. The molecule has 0 heterocycles. The first-order valence-electron chi connectivity index (χ1n) is 10.1. The number of nitrogens with zero attached hydrogens (tertiary/aromatic N) is 3. The quantitative estimate of drug-likeness (QED) is 0.349. The Morgan fingerprint density at radius 1 is 1.21 bits per heavy atom. The Morgan fingerprint density at radius 2 is 1.90 bits per heavy atom. The van der Waals surface area contributed by atoms with Gasteiger partial charge in [-0.3, -0.25) is 4.79 Å². The maximum absolute atomic E-state index is 12.4. The lowest BCUT2D eigenvalue weighted by Crippen LogP contribution is -2.45. The number of carbonyl (C=O) groups excluding carboxylic acids is 1. The fourth-order valence-corrected chi connectivity index (χ4v) is 3.09. The molecule has 1 aromatic carbocycles. The van der Waals surface area contributed by atoms with Gasteiger partial charge < -0.3 is 24.6 Å². The molecule has 0 aliphatic rings. The summed E-state index contributed by atoms with van der Waals surface area (Å²) in [6.45, 7) is 12.7. The topological polar surface area (TPSA) is 66.4 Å². The second-order valence-corrected chi connectivity index (χ2v) is 6.58. The third kappa shape index (κ3) is 7.00. The number of rotatable bonds is 11. The van der Waals surface area contributed by atoms with Crippen LogP contribution in [0.1, 0.15) is 31.9 Å². The largest absolute Gasteiger partial charge is 0.493 e. The van der Waals surface area contributed by atoms with E-state index in [0.717, 1.165) is 17.7 Å². The second kappa shape index (κ2) is 12.7. The molecule has 0 aliphatic carbocycles. The van der Waals surface area contributed by atoms with Crippen LogP contribution in [-0.4, -0.2) is 69.1 Å². The molecular formula is C22H36N4O3. The van der Waals surface area contributed by atoms with Gasteiger partial charge in [-0.15, -0.1) is 6.58 Å². The Balaban J connectivity index is 3.07. The summed E-state index contributed by atoms with van der Waals surface area (Å²) in [7, 11) is 5.13. The summed E-state index contributed by atoms with van der Waals surface area (Å²) < 4.78 is 11.0. The van der Waals surface area contributed by atoms with Gasteiger partial charge in [0.2, 0.25) is 5.91 Å². The van der Waals surface area contributed by atoms with E-state index in [1.807, 2.05) is 49.8 Å². The van der Waals surface area contributed by atoms with Crippen molar-refractivity contribution >= 4 is 11.9 Å². The van der Waals surface area contributed by atoms with E-state index in [9.17, 15) is 4.79 Å². The zero-order valence-corrected chi connectivity index (χ0v) is 18.7. The van der Waals surface area contributed by atoms with E-state index in [2.05, 4.69) is 18.0 Å². The number of allylic oxidation sites excluding steroid dienone is 1. The molecule has 0 saturated heterocycles. The van der Waals surface area contributed by atoms with Gasteiger partial charge in [0.05, 0.1) is 27.3 Å². The number of guanidine groups is 1. The first kappa shape index (κ1) is 24.3. The number of carbonyl (C=O) groups is 1. The van der Waals surface area contributed by atoms with Crippen LogP contribution in [0, 0.1) is 0 Å². The SMILES string of the molecule is C=CCc1cc(CN=C(NCC)N(C)CC(=O)N(CC)CC)cc(OC)c1OC. The van der Waals surface area contributed by atoms with Crippen molar-refractivity contribution in [2.24, 2.45) is 4.99 Å². The van der Waals surface area contributed by atoms with Crippen molar-refractivity contribution in [3.63, 3.8) is 0 Å². The lowest BCUT2D eigenvalue weighted by atomic mass is 10.1. The number of hydrogen-bond acceptors (Lipinski definition) is 4. The van der Waals surface area contributed by atoms with Crippen LogP contribution in [-0.2, 0) is 17.8 Å². The zero-order chi connectivity index (χ0) is 21.8. The van der Waals surface area contributed by atoms with Gasteiger partial charge in [0.15, 0.2) is 17.5 Å². The molecule has 7 nitrogen and oxygen atoms in total. The van der Waals surface area contributed by atoms with Gasteiger partial charge in [-0.2, -0.15) is 0 Å². The van der Waals surface area contributed by atoms with Crippen molar-refractivity contribution in [3.8, 4) is 11.5 Å². The highest BCUT2D eigenvalue weighted by molar-refractivity contribution is 5.86. The molecule has 0 bridgehead atoms. The summed E-state index contributed by atoms with van der Waals surface area (Å²) >= 11 is 0. The number of hydrogen-bond donors (Lipinski definition) is 1. The molecule has 1 rings (SSSR count). The number of amides is 1. The average Bonchev–Trinajstić information content (AvgIpc) is 2.71. The minimum atomic E-state index is 0.0856. The molecular weight excluding hydrogens is 368 g/mol. The van der Waals surface area contributed by atoms with Crippen molar-refractivity contribution in [1.29, 1.82) is 0 Å². The first-order valence-corrected chi connectivity index (χ1v) is 10.1. The monoisotopic (exact) mass is 404 g/mol. The lowest BCUT2D eigenvalue weighted by molar-refractivity contribution is -0.131. The number of nitrogens with one attached hydrogen (secondary N) is 1. The van der Waals surface area contributed by atoms with Gasteiger partial charge in [0, 0.05) is 32.2 Å². The number of aliphatic imine (C=N–C) groups is 1. The van der Waals surface area contributed by atoms with Gasteiger partial charge in [-0.1, -0.05) is 6.08 Å². The summed E-state index contributed by atoms with van der Waals surface area (Å²) in [4.78, 5) is 20.8. The van der Waals surface area contributed by atoms with Crippen LogP contribution in [0.4, 0.5) is 0 Å². The molecule has 0 spiro atoms. The molecule has 0 radical (unpaired) electrons. The standard InChI is InChI=1S/C22H36N4O3/c1-8-12-18-13-17(14-19(28-6)21(18)29-7)15-24-22(23-9-2)25(5)16-20(27)26(10-3)11-4/h8,13-14H,1,9-12,15-16H2,2-7H3,(H,23,24). The van der Waals surface area contributed by atoms with Gasteiger partial charge in [0.25, 0.3) is 0 Å². The van der Waals surface area contributed by atoms with E-state index < -0.39 is 0 Å². The lowest BCUT2D eigenvalue weighted by Gasteiger charge is -2.25. The Morgan fingerprint density at radius 3 is 2.41 bits per heavy atom. The predicted octanol–water partition coefficient (Wildman–Crippen LogP) is 2.70. The summed E-state index contributed by atoms with van der Waals surface area (Å²) in [6, 6.07) is 3.98. The van der Waals surface area contributed by atoms with Crippen LogP contribution in [0.15, 0.2) is 29.8 Å². The molecule has 0 unspecified atom stereocenters. The van der Waals surface area contributed by atoms with Gasteiger partial charge in [0.1, 0.15) is 0 Å². The Hall–Kier alpha value is -2.70. The molecule has 1 amide bonds. The van der Waals surface area contributed by atoms with Crippen LogP contribution in [0.2, 0.25) is 0 Å². The van der Waals surface area contributed by atoms with E-state index in [4.69, 9.17) is 14.5 Å². The second-order valence-electron chi connectivity index (χ2n) is 6.58. The summed E-state index contributed by atoms with van der Waals surface area (Å²) in [6.07, 6.45) is 2.51. The maximum atomic E-state index is 12.4. The first-order chi connectivity index (χ1) is 13.9. The number of ether oxygens (including phenoxy) is 2. The highest BCUT2D eigenvalue weighted by Crippen LogP contribution is 2.33. The molecule has 0 fully saturated rings. The fraction of sp³-hybridized carbons (Fsp3) is 0.545. The zero-order valence-electron chi connectivity index (χ0n) is 18.7. The Labute approximate surface area is 175 Å². The molecule has 29 heavy (non-hydrogen) atoms. The average molecular weight is 405 g/mol. The van der Waals surface area contributed by atoms with Gasteiger partial charge >= 0.3 is 0 Å². The molecule has 1 aromatic rings. The molecule has 0 saturated carbocycles. The van der Waals surface area contributed by atoms with E-state index >= 15 is 0 Å². The summed E-state index contributed by atoms with van der Waals surface area (Å²) in [5.74, 6) is 2.16. The molecule has 162 valence electrons. The highest BCUT2D eigenvalue weighted by atomic mass is 16.5. The van der Waals surface area contributed by atoms with Crippen molar-refractivity contribution in [3.05, 3.63) is 35.9 Å².